The standard InChI is InChI=1S/C16H29NO5/c1-2-3-4-5-6-7-8-11-14(18)17-13(16(21)22)10-9-12-15(19)20/h13H,2-12H2,1H3,(H,17,18)(H,19,20)(H,21,22)/t13-/m1/s1. The third-order valence-electron chi connectivity index (χ3n) is 3.52. The van der Waals surface area contributed by atoms with Gasteiger partial charge in [-0.1, -0.05) is 45.4 Å². The highest BCUT2D eigenvalue weighted by Crippen LogP contribution is 2.09. The quantitative estimate of drug-likeness (QED) is 0.428. The van der Waals surface area contributed by atoms with Crippen molar-refractivity contribution in [2.45, 2.75) is 83.6 Å². The minimum Gasteiger partial charge on any atom is -0.481 e. The molecule has 0 aliphatic rings. The van der Waals surface area contributed by atoms with Crippen LogP contribution in [0.15, 0.2) is 0 Å². The minimum absolute atomic E-state index is 0.0859. The highest BCUT2D eigenvalue weighted by Gasteiger charge is 2.19. The highest BCUT2D eigenvalue weighted by atomic mass is 16.4. The van der Waals surface area contributed by atoms with Crippen molar-refractivity contribution < 1.29 is 24.6 Å². The number of unbranched alkanes of at least 4 members (excludes halogenated alkanes) is 6. The Morgan fingerprint density at radius 3 is 2.00 bits per heavy atom. The molecular weight excluding hydrogens is 286 g/mol. The van der Waals surface area contributed by atoms with Crippen molar-refractivity contribution >= 4 is 17.8 Å². The van der Waals surface area contributed by atoms with E-state index in [-0.39, 0.29) is 25.2 Å². The van der Waals surface area contributed by atoms with Crippen LogP contribution in [0.1, 0.15) is 77.6 Å². The second kappa shape index (κ2) is 13.1. The van der Waals surface area contributed by atoms with Crippen LogP contribution in [0.25, 0.3) is 0 Å². The predicted molar refractivity (Wildman–Crippen MR) is 83.7 cm³/mol. The lowest BCUT2D eigenvalue weighted by molar-refractivity contribution is -0.142. The number of carbonyl (C=O) groups excluding carboxylic acids is 1. The summed E-state index contributed by atoms with van der Waals surface area (Å²) in [5.41, 5.74) is 0. The normalized spacial score (nSPS) is 11.9. The van der Waals surface area contributed by atoms with Crippen molar-refractivity contribution in [3.05, 3.63) is 0 Å². The number of carbonyl (C=O) groups is 3. The zero-order chi connectivity index (χ0) is 16.8. The van der Waals surface area contributed by atoms with Crippen LogP contribution in [-0.2, 0) is 14.4 Å². The lowest BCUT2D eigenvalue weighted by atomic mass is 10.1. The fourth-order valence-electron chi connectivity index (χ4n) is 2.22. The largest absolute Gasteiger partial charge is 0.481 e. The summed E-state index contributed by atoms with van der Waals surface area (Å²) >= 11 is 0. The summed E-state index contributed by atoms with van der Waals surface area (Å²) < 4.78 is 0. The third kappa shape index (κ3) is 12.2. The number of carboxylic acid groups (broad SMARTS) is 2. The summed E-state index contributed by atoms with van der Waals surface area (Å²) in [4.78, 5) is 33.1. The van der Waals surface area contributed by atoms with E-state index in [1.165, 1.54) is 25.7 Å². The van der Waals surface area contributed by atoms with Crippen LogP contribution >= 0.6 is 0 Å². The maximum Gasteiger partial charge on any atom is 0.326 e. The van der Waals surface area contributed by atoms with Gasteiger partial charge in [-0.05, 0) is 19.3 Å². The first-order chi connectivity index (χ1) is 10.5. The van der Waals surface area contributed by atoms with E-state index in [1.807, 2.05) is 0 Å². The Morgan fingerprint density at radius 1 is 0.864 bits per heavy atom. The molecule has 6 heteroatoms. The predicted octanol–water partition coefficient (Wildman–Crippen LogP) is 2.95. The van der Waals surface area contributed by atoms with E-state index in [1.54, 1.807) is 0 Å². The Labute approximate surface area is 132 Å². The van der Waals surface area contributed by atoms with Gasteiger partial charge in [-0.3, -0.25) is 9.59 Å². The van der Waals surface area contributed by atoms with Crippen LogP contribution in [-0.4, -0.2) is 34.1 Å². The number of rotatable bonds is 14. The van der Waals surface area contributed by atoms with Gasteiger partial charge in [0.15, 0.2) is 0 Å². The lowest BCUT2D eigenvalue weighted by Crippen LogP contribution is -2.40. The van der Waals surface area contributed by atoms with Gasteiger partial charge in [-0.25, -0.2) is 4.79 Å². The first kappa shape index (κ1) is 20.4. The number of aliphatic carboxylic acids is 2. The second-order valence-corrected chi connectivity index (χ2v) is 5.62. The van der Waals surface area contributed by atoms with E-state index in [0.29, 0.717) is 6.42 Å². The molecule has 0 rings (SSSR count). The average Bonchev–Trinajstić information content (AvgIpc) is 2.44. The Balaban J connectivity index is 3.79. The molecule has 0 aliphatic carbocycles. The van der Waals surface area contributed by atoms with Gasteiger partial charge in [-0.2, -0.15) is 0 Å². The van der Waals surface area contributed by atoms with E-state index in [2.05, 4.69) is 12.2 Å². The molecule has 0 fully saturated rings. The molecule has 0 unspecified atom stereocenters. The molecule has 0 aromatic heterocycles. The van der Waals surface area contributed by atoms with Crippen LogP contribution in [0.3, 0.4) is 0 Å². The number of hydrogen-bond donors (Lipinski definition) is 3. The second-order valence-electron chi connectivity index (χ2n) is 5.62. The van der Waals surface area contributed by atoms with Crippen LogP contribution in [0, 0.1) is 0 Å². The van der Waals surface area contributed by atoms with Crippen molar-refractivity contribution in [3.8, 4) is 0 Å². The maximum atomic E-state index is 11.7. The molecule has 1 amide bonds. The van der Waals surface area contributed by atoms with Crippen LogP contribution in [0.4, 0.5) is 0 Å². The fourth-order valence-corrected chi connectivity index (χ4v) is 2.22. The number of hydrogen-bond acceptors (Lipinski definition) is 3. The molecule has 3 N–H and O–H groups in total. The van der Waals surface area contributed by atoms with Crippen molar-refractivity contribution in [2.24, 2.45) is 0 Å². The molecule has 128 valence electrons. The molecule has 0 saturated heterocycles. The van der Waals surface area contributed by atoms with Crippen LogP contribution in [0.5, 0.6) is 0 Å². The van der Waals surface area contributed by atoms with Gasteiger partial charge in [0.25, 0.3) is 0 Å². The Morgan fingerprint density at radius 2 is 1.45 bits per heavy atom. The molecule has 0 aromatic rings. The van der Waals surface area contributed by atoms with E-state index < -0.39 is 18.0 Å². The first-order valence-corrected chi connectivity index (χ1v) is 8.21. The smallest absolute Gasteiger partial charge is 0.326 e. The van der Waals surface area contributed by atoms with E-state index in [9.17, 15) is 14.4 Å². The molecular formula is C16H29NO5. The average molecular weight is 315 g/mol. The Bertz CT molecular complexity index is 343. The molecule has 22 heavy (non-hydrogen) atoms. The third-order valence-corrected chi connectivity index (χ3v) is 3.52. The minimum atomic E-state index is -1.11. The maximum absolute atomic E-state index is 11.7. The summed E-state index contributed by atoms with van der Waals surface area (Å²) in [6.45, 7) is 2.17. The molecule has 0 aromatic carbocycles. The van der Waals surface area contributed by atoms with Crippen LogP contribution < -0.4 is 5.32 Å². The molecule has 0 heterocycles. The summed E-state index contributed by atoms with van der Waals surface area (Å²) in [5.74, 6) is -2.34. The number of carboxylic acids is 2. The topological polar surface area (TPSA) is 104 Å². The zero-order valence-corrected chi connectivity index (χ0v) is 13.5. The number of amides is 1. The van der Waals surface area contributed by atoms with Crippen molar-refractivity contribution in [1.29, 1.82) is 0 Å². The van der Waals surface area contributed by atoms with Crippen molar-refractivity contribution in [2.75, 3.05) is 0 Å². The SMILES string of the molecule is CCCCCCCCCC(=O)N[C@H](CCCC(=O)O)C(=O)O. The van der Waals surface area contributed by atoms with Crippen LogP contribution in [0.2, 0.25) is 0 Å². The Hall–Kier alpha value is -1.59. The van der Waals surface area contributed by atoms with E-state index in [0.717, 1.165) is 19.3 Å². The Kier molecular flexibility index (Phi) is 12.2. The molecule has 0 bridgehead atoms. The number of nitrogens with one attached hydrogen (secondary N) is 1. The summed E-state index contributed by atoms with van der Waals surface area (Å²) in [6, 6.07) is -0.989. The molecule has 0 spiro atoms. The zero-order valence-electron chi connectivity index (χ0n) is 13.5. The van der Waals surface area contributed by atoms with E-state index >= 15 is 0 Å². The summed E-state index contributed by atoms with van der Waals surface area (Å²) in [6.07, 6.45) is 8.34. The van der Waals surface area contributed by atoms with Gasteiger partial charge in [0, 0.05) is 12.8 Å². The van der Waals surface area contributed by atoms with Gasteiger partial charge >= 0.3 is 11.9 Å². The molecule has 0 aliphatic heterocycles. The van der Waals surface area contributed by atoms with Gasteiger partial charge < -0.3 is 15.5 Å². The highest BCUT2D eigenvalue weighted by molar-refractivity contribution is 5.83. The molecule has 0 saturated carbocycles. The fraction of sp³-hybridized carbons (Fsp3) is 0.812. The van der Waals surface area contributed by atoms with Crippen molar-refractivity contribution in [1.82, 2.24) is 5.32 Å². The van der Waals surface area contributed by atoms with E-state index in [4.69, 9.17) is 10.2 Å². The van der Waals surface area contributed by atoms with Gasteiger partial charge in [-0.15, -0.1) is 0 Å². The molecule has 0 radical (unpaired) electrons. The summed E-state index contributed by atoms with van der Waals surface area (Å²) in [7, 11) is 0. The molecule has 6 nitrogen and oxygen atoms in total. The summed E-state index contributed by atoms with van der Waals surface area (Å²) in [5, 5.41) is 20.0. The van der Waals surface area contributed by atoms with Crippen molar-refractivity contribution in [3.63, 3.8) is 0 Å². The van der Waals surface area contributed by atoms with Gasteiger partial charge in [0.2, 0.25) is 5.91 Å². The van der Waals surface area contributed by atoms with Gasteiger partial charge in [0.05, 0.1) is 0 Å². The lowest BCUT2D eigenvalue weighted by Gasteiger charge is -2.14. The monoisotopic (exact) mass is 315 g/mol. The van der Waals surface area contributed by atoms with Gasteiger partial charge in [0.1, 0.15) is 6.04 Å². The first-order valence-electron chi connectivity index (χ1n) is 8.21. The molecule has 1 atom stereocenters.